The van der Waals surface area contributed by atoms with Crippen molar-refractivity contribution in [2.75, 3.05) is 20.0 Å². The van der Waals surface area contributed by atoms with Gasteiger partial charge in [0, 0.05) is 17.7 Å². The van der Waals surface area contributed by atoms with Crippen LogP contribution in [-0.4, -0.2) is 40.6 Å². The summed E-state index contributed by atoms with van der Waals surface area (Å²) in [5.74, 6) is 3.05. The van der Waals surface area contributed by atoms with Gasteiger partial charge < -0.3 is 9.47 Å². The number of fused-ring (bicyclic) bond motifs is 1. The Hall–Kier alpha value is -1.54. The SMILES string of the molecule is Br.CCc1nnc2n1N=C(c1ccc(OC)c(OC)c1)CS2. The number of methoxy groups -OCH3 is 2. The van der Waals surface area contributed by atoms with Crippen LogP contribution in [0.5, 0.6) is 11.5 Å². The molecule has 6 nitrogen and oxygen atoms in total. The molecule has 1 aromatic heterocycles. The Labute approximate surface area is 143 Å². The molecule has 1 aromatic carbocycles. The average Bonchev–Trinajstić information content (AvgIpc) is 2.96. The number of hydrogen-bond acceptors (Lipinski definition) is 6. The lowest BCUT2D eigenvalue weighted by molar-refractivity contribution is 0.355. The fourth-order valence-corrected chi connectivity index (χ4v) is 3.00. The van der Waals surface area contributed by atoms with Gasteiger partial charge in [-0.05, 0) is 18.2 Å². The summed E-state index contributed by atoms with van der Waals surface area (Å²) in [6.45, 7) is 2.04. The van der Waals surface area contributed by atoms with Gasteiger partial charge in [0.05, 0.1) is 19.9 Å². The van der Waals surface area contributed by atoms with Crippen molar-refractivity contribution in [3.8, 4) is 11.5 Å². The summed E-state index contributed by atoms with van der Waals surface area (Å²) in [7, 11) is 3.26. The Morgan fingerprint density at radius 3 is 2.64 bits per heavy atom. The van der Waals surface area contributed by atoms with Crippen LogP contribution in [0.2, 0.25) is 0 Å². The molecule has 118 valence electrons. The summed E-state index contributed by atoms with van der Waals surface area (Å²) in [6, 6.07) is 5.82. The van der Waals surface area contributed by atoms with Crippen LogP contribution in [0.1, 0.15) is 18.3 Å². The molecule has 1 aliphatic rings. The topological polar surface area (TPSA) is 61.5 Å². The molecule has 0 saturated heterocycles. The van der Waals surface area contributed by atoms with Crippen LogP contribution in [0.15, 0.2) is 28.5 Å². The Kier molecular flexibility index (Phi) is 5.47. The van der Waals surface area contributed by atoms with Gasteiger partial charge in [-0.3, -0.25) is 0 Å². The molecular weight excluding hydrogens is 368 g/mol. The van der Waals surface area contributed by atoms with Crippen molar-refractivity contribution in [1.29, 1.82) is 0 Å². The van der Waals surface area contributed by atoms with Gasteiger partial charge >= 0.3 is 0 Å². The standard InChI is InChI=1S/C14H16N4O2S.BrH/c1-4-13-15-16-14-18(13)17-10(8-21-14)9-5-6-11(19-2)12(7-9)20-3;/h5-7H,4,8H2,1-3H3;1H. The third kappa shape index (κ3) is 2.98. The second-order valence-electron chi connectivity index (χ2n) is 4.47. The highest BCUT2D eigenvalue weighted by atomic mass is 79.9. The molecule has 0 bridgehead atoms. The van der Waals surface area contributed by atoms with Crippen molar-refractivity contribution in [2.24, 2.45) is 5.10 Å². The molecule has 3 rings (SSSR count). The number of nitrogens with zero attached hydrogens (tertiary/aromatic N) is 4. The molecule has 0 atom stereocenters. The molecule has 2 heterocycles. The summed E-state index contributed by atoms with van der Waals surface area (Å²) in [4.78, 5) is 0. The van der Waals surface area contributed by atoms with Crippen LogP contribution < -0.4 is 9.47 Å². The van der Waals surface area contributed by atoms with Crippen molar-refractivity contribution >= 4 is 34.5 Å². The highest BCUT2D eigenvalue weighted by Gasteiger charge is 2.19. The first kappa shape index (κ1) is 16.8. The second kappa shape index (κ2) is 7.15. The molecule has 8 heteroatoms. The maximum Gasteiger partial charge on any atom is 0.212 e. The second-order valence-corrected chi connectivity index (χ2v) is 5.41. The summed E-state index contributed by atoms with van der Waals surface area (Å²) >= 11 is 1.64. The van der Waals surface area contributed by atoms with Crippen LogP contribution in [-0.2, 0) is 6.42 Å². The van der Waals surface area contributed by atoms with E-state index >= 15 is 0 Å². The molecule has 0 fully saturated rings. The molecular formula is C14H17BrN4O2S. The number of aryl methyl sites for hydroxylation is 1. The predicted molar refractivity (Wildman–Crippen MR) is 91.9 cm³/mol. The zero-order chi connectivity index (χ0) is 14.8. The van der Waals surface area contributed by atoms with E-state index in [1.54, 1.807) is 26.0 Å². The van der Waals surface area contributed by atoms with E-state index in [4.69, 9.17) is 9.47 Å². The van der Waals surface area contributed by atoms with E-state index < -0.39 is 0 Å². The van der Waals surface area contributed by atoms with Crippen molar-refractivity contribution in [3.05, 3.63) is 29.6 Å². The molecule has 0 aliphatic carbocycles. The number of benzene rings is 1. The number of rotatable bonds is 4. The van der Waals surface area contributed by atoms with Gasteiger partial charge in [-0.25, -0.2) is 0 Å². The fraction of sp³-hybridized carbons (Fsp3) is 0.357. The van der Waals surface area contributed by atoms with Crippen LogP contribution in [0.3, 0.4) is 0 Å². The minimum atomic E-state index is 0. The maximum atomic E-state index is 5.35. The third-order valence-electron chi connectivity index (χ3n) is 3.27. The molecule has 0 radical (unpaired) electrons. The number of thioether (sulfide) groups is 1. The first-order chi connectivity index (χ1) is 10.3. The zero-order valence-corrected chi connectivity index (χ0v) is 15.1. The maximum absolute atomic E-state index is 5.35. The Morgan fingerprint density at radius 1 is 1.18 bits per heavy atom. The summed E-state index contributed by atoms with van der Waals surface area (Å²) in [6.07, 6.45) is 0.802. The van der Waals surface area contributed by atoms with E-state index in [1.165, 1.54) is 0 Å². The van der Waals surface area contributed by atoms with Crippen molar-refractivity contribution < 1.29 is 9.47 Å². The van der Waals surface area contributed by atoms with E-state index in [0.29, 0.717) is 11.5 Å². The lowest BCUT2D eigenvalue weighted by atomic mass is 10.1. The van der Waals surface area contributed by atoms with Gasteiger partial charge in [-0.2, -0.15) is 9.78 Å². The largest absolute Gasteiger partial charge is 0.493 e. The van der Waals surface area contributed by atoms with Gasteiger partial charge in [-0.1, -0.05) is 18.7 Å². The molecule has 1 aliphatic heterocycles. The van der Waals surface area contributed by atoms with Crippen molar-refractivity contribution in [2.45, 2.75) is 18.5 Å². The van der Waals surface area contributed by atoms with Crippen LogP contribution >= 0.6 is 28.7 Å². The zero-order valence-electron chi connectivity index (χ0n) is 12.6. The van der Waals surface area contributed by atoms with Gasteiger partial charge in [-0.15, -0.1) is 27.2 Å². The quantitative estimate of drug-likeness (QED) is 0.810. The summed E-state index contributed by atoms with van der Waals surface area (Å²) < 4.78 is 12.4. The van der Waals surface area contributed by atoms with Crippen molar-refractivity contribution in [3.63, 3.8) is 0 Å². The minimum Gasteiger partial charge on any atom is -0.493 e. The predicted octanol–water partition coefficient (Wildman–Crippen LogP) is 2.79. The normalized spacial score (nSPS) is 13.0. The van der Waals surface area contributed by atoms with Gasteiger partial charge in [0.25, 0.3) is 0 Å². The van der Waals surface area contributed by atoms with Gasteiger partial charge in [0.15, 0.2) is 17.3 Å². The number of halogens is 1. The first-order valence-corrected chi connectivity index (χ1v) is 7.62. The van der Waals surface area contributed by atoms with Gasteiger partial charge in [0.2, 0.25) is 5.16 Å². The molecule has 0 amide bonds. The van der Waals surface area contributed by atoms with Crippen LogP contribution in [0, 0.1) is 0 Å². The Bertz CT molecular complexity index is 702. The average molecular weight is 385 g/mol. The highest BCUT2D eigenvalue weighted by Crippen LogP contribution is 2.30. The lowest BCUT2D eigenvalue weighted by Crippen LogP contribution is -2.14. The highest BCUT2D eigenvalue weighted by molar-refractivity contribution is 8.93. The van der Waals surface area contributed by atoms with E-state index in [1.807, 2.05) is 29.8 Å². The van der Waals surface area contributed by atoms with Crippen molar-refractivity contribution in [1.82, 2.24) is 14.9 Å². The summed E-state index contributed by atoms with van der Waals surface area (Å²) in [5.41, 5.74) is 1.99. The first-order valence-electron chi connectivity index (χ1n) is 6.64. The molecule has 0 unspecified atom stereocenters. The molecule has 0 N–H and O–H groups in total. The number of ether oxygens (including phenoxy) is 2. The van der Waals surface area contributed by atoms with E-state index in [0.717, 1.165) is 34.4 Å². The van der Waals surface area contributed by atoms with E-state index in [9.17, 15) is 0 Å². The molecule has 22 heavy (non-hydrogen) atoms. The van der Waals surface area contributed by atoms with E-state index in [-0.39, 0.29) is 17.0 Å². The molecule has 0 saturated carbocycles. The Balaban J connectivity index is 0.00000176. The molecule has 0 spiro atoms. The minimum absolute atomic E-state index is 0. The lowest BCUT2D eigenvalue weighted by Gasteiger charge is -2.15. The smallest absolute Gasteiger partial charge is 0.212 e. The van der Waals surface area contributed by atoms with Crippen LogP contribution in [0.25, 0.3) is 0 Å². The van der Waals surface area contributed by atoms with Crippen LogP contribution in [0.4, 0.5) is 0 Å². The Morgan fingerprint density at radius 2 is 1.95 bits per heavy atom. The number of aromatic nitrogens is 3. The molecule has 2 aromatic rings. The number of hydrogen-bond donors (Lipinski definition) is 0. The monoisotopic (exact) mass is 384 g/mol. The van der Waals surface area contributed by atoms with Gasteiger partial charge in [0.1, 0.15) is 0 Å². The third-order valence-corrected chi connectivity index (χ3v) is 4.20. The summed E-state index contributed by atoms with van der Waals surface area (Å²) in [5, 5.41) is 13.8. The fourth-order valence-electron chi connectivity index (χ4n) is 2.15. The van der Waals surface area contributed by atoms with E-state index in [2.05, 4.69) is 15.3 Å².